The first-order chi connectivity index (χ1) is 5.90. The lowest BCUT2D eigenvalue weighted by Gasteiger charge is -1.94. The van der Waals surface area contributed by atoms with Gasteiger partial charge in [0.15, 0.2) is 6.29 Å². The van der Waals surface area contributed by atoms with Crippen molar-refractivity contribution in [3.8, 4) is 0 Å². The van der Waals surface area contributed by atoms with Crippen molar-refractivity contribution in [2.45, 2.75) is 0 Å². The molecule has 0 aliphatic carbocycles. The molecule has 3 nitrogen and oxygen atoms in total. The number of aromatic nitrogens is 2. The molecule has 0 aliphatic heterocycles. The Bertz CT molecular complexity index is 426. The molecule has 0 atom stereocenters. The van der Waals surface area contributed by atoms with E-state index in [9.17, 15) is 4.79 Å². The van der Waals surface area contributed by atoms with Crippen LogP contribution < -0.4 is 0 Å². The molecule has 2 aromatic rings. The Kier molecular flexibility index (Phi) is 1.55. The number of nitrogens with zero attached hydrogens (tertiary/aromatic N) is 2. The van der Waals surface area contributed by atoms with Gasteiger partial charge in [-0.2, -0.15) is 0 Å². The van der Waals surface area contributed by atoms with Gasteiger partial charge in [-0.15, -0.1) is 0 Å². The number of pyridine rings is 2. The molecule has 0 unspecified atom stereocenters. The molecular weight excluding hydrogens is 152 g/mol. The second kappa shape index (κ2) is 2.70. The molecule has 12 heavy (non-hydrogen) atoms. The molecule has 3 heteroatoms. The highest BCUT2D eigenvalue weighted by atomic mass is 16.1. The van der Waals surface area contributed by atoms with Crippen LogP contribution in [0, 0.1) is 0 Å². The minimum Gasteiger partial charge on any atom is -0.296 e. The molecule has 0 saturated carbocycles. The SMILES string of the molecule is O=Cc1cc2cnccc2cn1. The van der Waals surface area contributed by atoms with E-state index in [1.54, 1.807) is 24.7 Å². The Morgan fingerprint density at radius 2 is 2.17 bits per heavy atom. The fourth-order valence-corrected chi connectivity index (χ4v) is 1.06. The maximum atomic E-state index is 10.4. The predicted molar refractivity (Wildman–Crippen MR) is 44.9 cm³/mol. The van der Waals surface area contributed by atoms with Crippen molar-refractivity contribution in [1.29, 1.82) is 0 Å². The maximum Gasteiger partial charge on any atom is 0.168 e. The topological polar surface area (TPSA) is 42.9 Å². The van der Waals surface area contributed by atoms with Gasteiger partial charge in [0.1, 0.15) is 5.69 Å². The van der Waals surface area contributed by atoms with Gasteiger partial charge in [-0.1, -0.05) is 0 Å². The Morgan fingerprint density at radius 1 is 1.25 bits per heavy atom. The van der Waals surface area contributed by atoms with E-state index in [2.05, 4.69) is 9.97 Å². The van der Waals surface area contributed by atoms with Crippen molar-refractivity contribution in [3.63, 3.8) is 0 Å². The van der Waals surface area contributed by atoms with Crippen LogP contribution in [0.2, 0.25) is 0 Å². The third-order valence-corrected chi connectivity index (χ3v) is 1.66. The summed E-state index contributed by atoms with van der Waals surface area (Å²) in [4.78, 5) is 18.2. The van der Waals surface area contributed by atoms with Crippen LogP contribution in [0.15, 0.2) is 30.7 Å². The van der Waals surface area contributed by atoms with Gasteiger partial charge in [0.2, 0.25) is 0 Å². The van der Waals surface area contributed by atoms with Crippen LogP contribution >= 0.6 is 0 Å². The summed E-state index contributed by atoms with van der Waals surface area (Å²) in [6, 6.07) is 3.58. The highest BCUT2D eigenvalue weighted by Gasteiger charge is 1.94. The largest absolute Gasteiger partial charge is 0.296 e. The fourth-order valence-electron chi connectivity index (χ4n) is 1.06. The smallest absolute Gasteiger partial charge is 0.168 e. The van der Waals surface area contributed by atoms with Crippen molar-refractivity contribution in [2.75, 3.05) is 0 Å². The van der Waals surface area contributed by atoms with Crippen LogP contribution in [0.5, 0.6) is 0 Å². The standard InChI is InChI=1S/C9H6N2O/c12-6-9-3-8-4-10-2-1-7(8)5-11-9/h1-6H. The summed E-state index contributed by atoms with van der Waals surface area (Å²) in [5.41, 5.74) is 0.440. The van der Waals surface area contributed by atoms with Gasteiger partial charge >= 0.3 is 0 Å². The van der Waals surface area contributed by atoms with Crippen LogP contribution in [-0.2, 0) is 0 Å². The fraction of sp³-hybridized carbons (Fsp3) is 0. The normalized spacial score (nSPS) is 10.0. The second-order valence-electron chi connectivity index (χ2n) is 2.45. The molecule has 0 saturated heterocycles. The number of rotatable bonds is 1. The van der Waals surface area contributed by atoms with Crippen LogP contribution in [0.1, 0.15) is 10.5 Å². The highest BCUT2D eigenvalue weighted by Crippen LogP contribution is 2.10. The monoisotopic (exact) mass is 158 g/mol. The Hall–Kier alpha value is -1.77. The summed E-state index contributed by atoms with van der Waals surface area (Å²) < 4.78 is 0. The van der Waals surface area contributed by atoms with Gasteiger partial charge in [0.05, 0.1) is 0 Å². The molecule has 2 heterocycles. The summed E-state index contributed by atoms with van der Waals surface area (Å²) in [5, 5.41) is 1.94. The molecule has 2 rings (SSSR count). The van der Waals surface area contributed by atoms with E-state index in [0.29, 0.717) is 5.69 Å². The van der Waals surface area contributed by atoms with Crippen LogP contribution in [-0.4, -0.2) is 16.3 Å². The van der Waals surface area contributed by atoms with Crippen molar-refractivity contribution >= 4 is 17.1 Å². The average molecular weight is 158 g/mol. The summed E-state index contributed by atoms with van der Waals surface area (Å²) in [6.45, 7) is 0. The molecule has 0 spiro atoms. The third-order valence-electron chi connectivity index (χ3n) is 1.66. The number of fused-ring (bicyclic) bond motifs is 1. The molecule has 0 fully saturated rings. The lowest BCUT2D eigenvalue weighted by Crippen LogP contribution is -1.85. The minimum absolute atomic E-state index is 0.440. The van der Waals surface area contributed by atoms with Crippen molar-refractivity contribution in [2.24, 2.45) is 0 Å². The average Bonchev–Trinajstić information content (AvgIpc) is 2.17. The first kappa shape index (κ1) is 6.91. The maximum absolute atomic E-state index is 10.4. The molecule has 0 amide bonds. The van der Waals surface area contributed by atoms with E-state index in [0.717, 1.165) is 17.1 Å². The van der Waals surface area contributed by atoms with E-state index in [-0.39, 0.29) is 0 Å². The zero-order chi connectivity index (χ0) is 8.39. The lowest BCUT2D eigenvalue weighted by molar-refractivity contribution is 0.111. The van der Waals surface area contributed by atoms with Gasteiger partial charge in [-0.05, 0) is 12.1 Å². The van der Waals surface area contributed by atoms with Gasteiger partial charge < -0.3 is 0 Å². The third kappa shape index (κ3) is 1.05. The Morgan fingerprint density at radius 3 is 3.00 bits per heavy atom. The predicted octanol–water partition coefficient (Wildman–Crippen LogP) is 1.44. The van der Waals surface area contributed by atoms with E-state index in [1.807, 2.05) is 6.07 Å². The van der Waals surface area contributed by atoms with Crippen LogP contribution in [0.25, 0.3) is 10.8 Å². The summed E-state index contributed by atoms with van der Waals surface area (Å²) >= 11 is 0. The molecule has 58 valence electrons. The summed E-state index contributed by atoms with van der Waals surface area (Å²) in [7, 11) is 0. The minimum atomic E-state index is 0.440. The zero-order valence-electron chi connectivity index (χ0n) is 6.27. The summed E-state index contributed by atoms with van der Waals surface area (Å²) in [5.74, 6) is 0. The zero-order valence-corrected chi connectivity index (χ0v) is 6.27. The van der Waals surface area contributed by atoms with Gasteiger partial charge in [-0.3, -0.25) is 14.8 Å². The van der Waals surface area contributed by atoms with Crippen molar-refractivity contribution in [3.05, 3.63) is 36.4 Å². The number of hydrogen-bond acceptors (Lipinski definition) is 3. The molecule has 0 radical (unpaired) electrons. The quantitative estimate of drug-likeness (QED) is 0.590. The number of hydrogen-bond donors (Lipinski definition) is 0. The lowest BCUT2D eigenvalue weighted by atomic mass is 10.2. The van der Waals surface area contributed by atoms with Gasteiger partial charge in [0, 0.05) is 29.4 Å². The molecule has 2 aromatic heterocycles. The molecular formula is C9H6N2O. The van der Waals surface area contributed by atoms with Gasteiger partial charge in [0.25, 0.3) is 0 Å². The Labute approximate surface area is 69.1 Å². The Balaban J connectivity index is 2.75. The first-order valence-electron chi connectivity index (χ1n) is 3.55. The number of carbonyl (C=O) groups excluding carboxylic acids is 1. The molecule has 0 bridgehead atoms. The van der Waals surface area contributed by atoms with E-state index < -0.39 is 0 Å². The van der Waals surface area contributed by atoms with E-state index in [4.69, 9.17) is 0 Å². The van der Waals surface area contributed by atoms with Gasteiger partial charge in [-0.25, -0.2) is 0 Å². The van der Waals surface area contributed by atoms with Crippen LogP contribution in [0.3, 0.4) is 0 Å². The second-order valence-corrected chi connectivity index (χ2v) is 2.45. The molecule has 0 aliphatic rings. The van der Waals surface area contributed by atoms with Crippen molar-refractivity contribution in [1.82, 2.24) is 9.97 Å². The van der Waals surface area contributed by atoms with E-state index >= 15 is 0 Å². The number of carbonyl (C=O) groups is 1. The highest BCUT2D eigenvalue weighted by molar-refractivity contribution is 5.85. The van der Waals surface area contributed by atoms with E-state index in [1.165, 1.54) is 0 Å². The molecule has 0 aromatic carbocycles. The summed E-state index contributed by atoms with van der Waals surface area (Å²) in [6.07, 6.45) is 5.81. The molecule has 0 N–H and O–H groups in total. The van der Waals surface area contributed by atoms with Crippen LogP contribution in [0.4, 0.5) is 0 Å². The first-order valence-corrected chi connectivity index (χ1v) is 3.55. The number of aldehydes is 1. The van der Waals surface area contributed by atoms with Crippen molar-refractivity contribution < 1.29 is 4.79 Å².